The average Bonchev–Trinajstić information content (AvgIpc) is 3.31. The van der Waals surface area contributed by atoms with Crippen molar-refractivity contribution in [3.63, 3.8) is 0 Å². The molecule has 1 saturated heterocycles. The summed E-state index contributed by atoms with van der Waals surface area (Å²) in [5.74, 6) is 2.41. The van der Waals surface area contributed by atoms with E-state index in [9.17, 15) is 0 Å². The van der Waals surface area contributed by atoms with Gasteiger partial charge in [-0.25, -0.2) is 4.98 Å². The second-order valence-electron chi connectivity index (χ2n) is 8.20. The first-order valence-electron chi connectivity index (χ1n) is 9.66. The van der Waals surface area contributed by atoms with Crippen LogP contribution >= 0.6 is 24.0 Å². The smallest absolute Gasteiger partial charge is 0.194 e. The second kappa shape index (κ2) is 8.41. The summed E-state index contributed by atoms with van der Waals surface area (Å²) in [6.45, 7) is 6.11. The quantitative estimate of drug-likeness (QED) is 0.387. The lowest BCUT2D eigenvalue weighted by Gasteiger charge is -2.55. The van der Waals surface area contributed by atoms with Crippen LogP contribution in [0.2, 0.25) is 0 Å². The van der Waals surface area contributed by atoms with E-state index in [0.29, 0.717) is 24.6 Å². The van der Waals surface area contributed by atoms with Crippen molar-refractivity contribution in [2.45, 2.75) is 39.0 Å². The Bertz CT molecular complexity index is 819. The number of rotatable bonds is 4. The molecule has 7 heteroatoms. The van der Waals surface area contributed by atoms with Gasteiger partial charge in [0.15, 0.2) is 5.96 Å². The van der Waals surface area contributed by atoms with Crippen molar-refractivity contribution in [2.75, 3.05) is 20.7 Å². The molecule has 0 bridgehead atoms. The van der Waals surface area contributed by atoms with Crippen LogP contribution in [0.4, 0.5) is 0 Å². The highest BCUT2D eigenvalue weighted by Crippen LogP contribution is 2.52. The van der Waals surface area contributed by atoms with Crippen LogP contribution in [0.25, 0.3) is 11.3 Å². The van der Waals surface area contributed by atoms with Gasteiger partial charge in [-0.05, 0) is 12.0 Å². The Kier molecular flexibility index (Phi) is 6.34. The Hall–Kier alpha value is -1.61. The summed E-state index contributed by atoms with van der Waals surface area (Å²) in [5, 5.41) is 3.68. The molecule has 3 unspecified atom stereocenters. The molecular formula is C21H30IN5O. The van der Waals surface area contributed by atoms with E-state index >= 15 is 0 Å². The van der Waals surface area contributed by atoms with Crippen LogP contribution in [0.5, 0.6) is 0 Å². The predicted octanol–water partition coefficient (Wildman–Crippen LogP) is 3.52. The number of nitrogens with one attached hydrogen (secondary N) is 2. The fraction of sp³-hybridized carbons (Fsp3) is 0.524. The number of imidazole rings is 1. The molecule has 1 aliphatic heterocycles. The molecule has 2 aliphatic rings. The van der Waals surface area contributed by atoms with Crippen LogP contribution in [-0.2, 0) is 11.3 Å². The van der Waals surface area contributed by atoms with Crippen LogP contribution in [0, 0.1) is 11.3 Å². The van der Waals surface area contributed by atoms with E-state index in [1.807, 2.05) is 38.5 Å². The number of hydrogen-bond donors (Lipinski definition) is 2. The first-order chi connectivity index (χ1) is 13.0. The largest absolute Gasteiger partial charge is 0.377 e. The molecule has 1 aliphatic carbocycles. The van der Waals surface area contributed by atoms with Crippen LogP contribution < -0.4 is 5.32 Å². The van der Waals surface area contributed by atoms with Crippen molar-refractivity contribution in [1.29, 1.82) is 0 Å². The maximum atomic E-state index is 5.91. The number of H-pyrrole nitrogens is 1. The highest BCUT2D eigenvalue weighted by molar-refractivity contribution is 14.0. The third kappa shape index (κ3) is 3.78. The number of halogens is 1. The molecule has 2 fully saturated rings. The molecule has 1 aromatic heterocycles. The Morgan fingerprint density at radius 1 is 1.36 bits per heavy atom. The molecule has 28 heavy (non-hydrogen) atoms. The number of fused-ring (bicyclic) bond motifs is 1. The SMILES string of the molecule is CN=C(NC1C2CCOC2C1(C)C)N(C)Cc1ncc(-c2ccccc2)[nH]1.I. The number of aromatic amines is 1. The van der Waals surface area contributed by atoms with Gasteiger partial charge in [-0.1, -0.05) is 44.2 Å². The molecule has 4 rings (SSSR count). The van der Waals surface area contributed by atoms with E-state index in [0.717, 1.165) is 36.1 Å². The molecule has 2 heterocycles. The van der Waals surface area contributed by atoms with Crippen LogP contribution in [0.1, 0.15) is 26.1 Å². The summed E-state index contributed by atoms with van der Waals surface area (Å²) in [7, 11) is 3.89. The standard InChI is InChI=1S/C21H29N5O.HI/c1-21(2)18(15-10-11-27-19(15)21)25-20(22-3)26(4)13-17-23-12-16(24-17)14-8-6-5-7-9-14;/h5-9,12,15,18-19H,10-11,13H2,1-4H3,(H,22,25)(H,23,24);1H. The Balaban J connectivity index is 0.00000225. The average molecular weight is 495 g/mol. The van der Waals surface area contributed by atoms with Crippen molar-refractivity contribution in [3.05, 3.63) is 42.4 Å². The van der Waals surface area contributed by atoms with E-state index in [-0.39, 0.29) is 29.4 Å². The molecule has 6 nitrogen and oxygen atoms in total. The van der Waals surface area contributed by atoms with Gasteiger partial charge in [0.25, 0.3) is 0 Å². The molecule has 1 aromatic carbocycles. The number of aromatic nitrogens is 2. The molecule has 2 aromatic rings. The monoisotopic (exact) mass is 495 g/mol. The summed E-state index contributed by atoms with van der Waals surface area (Å²) in [6.07, 6.45) is 3.40. The lowest BCUT2D eigenvalue weighted by Crippen LogP contribution is -2.67. The third-order valence-electron chi connectivity index (χ3n) is 6.06. The van der Waals surface area contributed by atoms with E-state index in [1.165, 1.54) is 0 Å². The lowest BCUT2D eigenvalue weighted by atomic mass is 9.57. The number of nitrogens with zero attached hydrogens (tertiary/aromatic N) is 3. The molecule has 0 amide bonds. The minimum absolute atomic E-state index is 0. The topological polar surface area (TPSA) is 65.5 Å². The number of aliphatic imine (C=N–C) groups is 1. The van der Waals surface area contributed by atoms with Crippen molar-refractivity contribution in [2.24, 2.45) is 16.3 Å². The summed E-state index contributed by atoms with van der Waals surface area (Å²) in [5.41, 5.74) is 2.31. The Morgan fingerprint density at radius 2 is 2.11 bits per heavy atom. The van der Waals surface area contributed by atoms with Crippen LogP contribution in [0.15, 0.2) is 41.5 Å². The summed E-state index contributed by atoms with van der Waals surface area (Å²) >= 11 is 0. The van der Waals surface area contributed by atoms with E-state index in [4.69, 9.17) is 4.74 Å². The van der Waals surface area contributed by atoms with Crippen LogP contribution in [0.3, 0.4) is 0 Å². The number of ether oxygens (including phenoxy) is 1. The summed E-state index contributed by atoms with van der Waals surface area (Å²) in [6, 6.07) is 10.7. The van der Waals surface area contributed by atoms with Gasteiger partial charge < -0.3 is 19.9 Å². The molecule has 2 N–H and O–H groups in total. The second-order valence-corrected chi connectivity index (χ2v) is 8.20. The van der Waals surface area contributed by atoms with Gasteiger partial charge in [0.1, 0.15) is 5.82 Å². The Morgan fingerprint density at radius 3 is 2.82 bits per heavy atom. The minimum atomic E-state index is 0. The first kappa shape index (κ1) is 21.1. The molecule has 3 atom stereocenters. The Labute approximate surface area is 184 Å². The van der Waals surface area contributed by atoms with Gasteiger partial charge in [0, 0.05) is 38.1 Å². The highest BCUT2D eigenvalue weighted by atomic mass is 127. The zero-order valence-corrected chi connectivity index (χ0v) is 19.3. The van der Waals surface area contributed by atoms with Gasteiger partial charge >= 0.3 is 0 Å². The summed E-state index contributed by atoms with van der Waals surface area (Å²) in [4.78, 5) is 14.6. The van der Waals surface area contributed by atoms with Crippen LogP contribution in [-0.4, -0.2) is 53.7 Å². The fourth-order valence-corrected chi connectivity index (χ4v) is 4.61. The molecule has 0 radical (unpaired) electrons. The van der Waals surface area contributed by atoms with Crippen molar-refractivity contribution in [3.8, 4) is 11.3 Å². The molecule has 0 spiro atoms. The molecule has 1 saturated carbocycles. The molecule has 152 valence electrons. The van der Waals surface area contributed by atoms with Gasteiger partial charge in [0.05, 0.1) is 24.5 Å². The lowest BCUT2D eigenvalue weighted by molar-refractivity contribution is -0.107. The van der Waals surface area contributed by atoms with E-state index in [2.05, 4.69) is 51.2 Å². The van der Waals surface area contributed by atoms with Gasteiger partial charge in [0.2, 0.25) is 0 Å². The zero-order valence-electron chi connectivity index (χ0n) is 17.0. The maximum absolute atomic E-state index is 5.91. The first-order valence-corrected chi connectivity index (χ1v) is 9.66. The normalized spacial score (nSPS) is 25.4. The predicted molar refractivity (Wildman–Crippen MR) is 123 cm³/mol. The zero-order chi connectivity index (χ0) is 19.0. The molecular weight excluding hydrogens is 465 g/mol. The maximum Gasteiger partial charge on any atom is 0.194 e. The summed E-state index contributed by atoms with van der Waals surface area (Å²) < 4.78 is 5.91. The van der Waals surface area contributed by atoms with Gasteiger partial charge in [-0.15, -0.1) is 24.0 Å². The van der Waals surface area contributed by atoms with E-state index in [1.54, 1.807) is 0 Å². The van der Waals surface area contributed by atoms with Gasteiger partial charge in [-0.3, -0.25) is 4.99 Å². The third-order valence-corrected chi connectivity index (χ3v) is 6.06. The van der Waals surface area contributed by atoms with E-state index < -0.39 is 0 Å². The van der Waals surface area contributed by atoms with Crippen molar-refractivity contribution >= 4 is 29.9 Å². The number of hydrogen-bond acceptors (Lipinski definition) is 3. The fourth-order valence-electron chi connectivity index (χ4n) is 4.61. The van der Waals surface area contributed by atoms with Gasteiger partial charge in [-0.2, -0.15) is 0 Å². The minimum Gasteiger partial charge on any atom is -0.377 e. The van der Waals surface area contributed by atoms with Crippen molar-refractivity contribution < 1.29 is 4.74 Å². The highest BCUT2D eigenvalue weighted by Gasteiger charge is 2.59. The number of guanidine groups is 1. The van der Waals surface area contributed by atoms with Crippen molar-refractivity contribution in [1.82, 2.24) is 20.2 Å². The number of benzene rings is 1.